The average molecular weight is 285 g/mol. The molecule has 1 aromatic rings. The molecule has 1 aliphatic rings. The van der Waals surface area contributed by atoms with E-state index in [2.05, 4.69) is 30.3 Å². The van der Waals surface area contributed by atoms with Crippen molar-refractivity contribution >= 4 is 19.4 Å². The summed E-state index contributed by atoms with van der Waals surface area (Å²) in [6, 6.07) is 10.7. The molecule has 3 heteroatoms. The van der Waals surface area contributed by atoms with Crippen molar-refractivity contribution in [3.63, 3.8) is 0 Å². The normalized spacial score (nSPS) is 24.8. The Labute approximate surface area is 103 Å². The van der Waals surface area contributed by atoms with Gasteiger partial charge in [-0.15, -0.1) is 0 Å². The Morgan fingerprint density at radius 2 is 2.19 bits per heavy atom. The zero-order valence-corrected chi connectivity index (χ0v) is 11.3. The van der Waals surface area contributed by atoms with Crippen LogP contribution in [0.25, 0.3) is 0 Å². The number of hydrogen-bond donors (Lipinski definition) is 0. The third-order valence-corrected chi connectivity index (χ3v) is 5.23. The molecule has 2 rings (SSSR count). The molecule has 2 atom stereocenters. The van der Waals surface area contributed by atoms with Crippen LogP contribution in [0.15, 0.2) is 30.3 Å². The number of benzene rings is 1. The average Bonchev–Trinajstić information content (AvgIpc) is 2.76. The summed E-state index contributed by atoms with van der Waals surface area (Å²) in [7, 11) is 0. The van der Waals surface area contributed by atoms with E-state index in [-0.39, 0.29) is 6.29 Å². The van der Waals surface area contributed by atoms with Gasteiger partial charge in [-0.3, -0.25) is 0 Å². The fourth-order valence-electron chi connectivity index (χ4n) is 1.80. The van der Waals surface area contributed by atoms with Gasteiger partial charge < -0.3 is 0 Å². The molecule has 0 aromatic heterocycles. The summed E-state index contributed by atoms with van der Waals surface area (Å²) < 4.78 is 12.5. The zero-order valence-electron chi connectivity index (χ0n) is 9.59. The Morgan fingerprint density at radius 3 is 2.94 bits per heavy atom. The van der Waals surface area contributed by atoms with Crippen molar-refractivity contribution in [3.05, 3.63) is 30.3 Å². The molecule has 1 saturated heterocycles. The molecular formula is C13H18O2Se. The first-order valence-corrected chi connectivity index (χ1v) is 7.86. The van der Waals surface area contributed by atoms with Crippen LogP contribution in [0.5, 0.6) is 0 Å². The van der Waals surface area contributed by atoms with E-state index < -0.39 is 0 Å². The van der Waals surface area contributed by atoms with E-state index in [4.69, 9.17) is 9.47 Å². The molecule has 2 nitrogen and oxygen atoms in total. The molecule has 1 heterocycles. The molecule has 0 saturated carbocycles. The van der Waals surface area contributed by atoms with E-state index in [0.717, 1.165) is 19.6 Å². The summed E-state index contributed by atoms with van der Waals surface area (Å²) in [4.78, 5) is 0. The predicted octanol–water partition coefficient (Wildman–Crippen LogP) is 1.83. The Morgan fingerprint density at radius 1 is 1.38 bits per heavy atom. The van der Waals surface area contributed by atoms with Gasteiger partial charge in [0.2, 0.25) is 0 Å². The van der Waals surface area contributed by atoms with Crippen LogP contribution in [0.2, 0.25) is 5.32 Å². The Balaban J connectivity index is 1.72. The van der Waals surface area contributed by atoms with Gasteiger partial charge in [-0.05, 0) is 0 Å². The number of ether oxygens (including phenoxy) is 2. The van der Waals surface area contributed by atoms with E-state index in [1.165, 1.54) is 9.78 Å². The Kier molecular flexibility index (Phi) is 4.86. The second kappa shape index (κ2) is 6.41. The SMILES string of the molecule is CCOC1CC(C[Se]c2ccccc2)CO1. The van der Waals surface area contributed by atoms with Crippen molar-refractivity contribution in [2.45, 2.75) is 25.0 Å². The van der Waals surface area contributed by atoms with E-state index in [1.807, 2.05) is 6.92 Å². The summed E-state index contributed by atoms with van der Waals surface area (Å²) in [5.41, 5.74) is 0. The molecule has 0 aliphatic carbocycles. The maximum absolute atomic E-state index is 5.58. The van der Waals surface area contributed by atoms with Crippen LogP contribution >= 0.6 is 0 Å². The fraction of sp³-hybridized carbons (Fsp3) is 0.538. The molecule has 88 valence electrons. The van der Waals surface area contributed by atoms with E-state index in [9.17, 15) is 0 Å². The summed E-state index contributed by atoms with van der Waals surface area (Å²) in [5.74, 6) is 0.691. The third-order valence-electron chi connectivity index (χ3n) is 2.63. The fourth-order valence-corrected chi connectivity index (χ4v) is 3.92. The van der Waals surface area contributed by atoms with Gasteiger partial charge in [-0.1, -0.05) is 0 Å². The van der Waals surface area contributed by atoms with Crippen LogP contribution in [-0.2, 0) is 9.47 Å². The van der Waals surface area contributed by atoms with Gasteiger partial charge in [-0.25, -0.2) is 0 Å². The molecule has 0 bridgehead atoms. The monoisotopic (exact) mass is 286 g/mol. The minimum atomic E-state index is 0.0570. The van der Waals surface area contributed by atoms with Crippen molar-refractivity contribution in [3.8, 4) is 0 Å². The van der Waals surface area contributed by atoms with Gasteiger partial charge in [-0.2, -0.15) is 0 Å². The Bertz CT molecular complexity index is 302. The van der Waals surface area contributed by atoms with Crippen LogP contribution in [0.3, 0.4) is 0 Å². The van der Waals surface area contributed by atoms with Gasteiger partial charge >= 0.3 is 103 Å². The molecule has 0 spiro atoms. The van der Waals surface area contributed by atoms with Crippen LogP contribution in [-0.4, -0.2) is 34.5 Å². The molecular weight excluding hydrogens is 267 g/mol. The van der Waals surface area contributed by atoms with E-state index in [1.54, 1.807) is 0 Å². The molecule has 1 aromatic carbocycles. The van der Waals surface area contributed by atoms with Gasteiger partial charge in [0.15, 0.2) is 0 Å². The molecule has 2 unspecified atom stereocenters. The third kappa shape index (κ3) is 3.60. The van der Waals surface area contributed by atoms with Crippen molar-refractivity contribution < 1.29 is 9.47 Å². The maximum atomic E-state index is 5.58. The van der Waals surface area contributed by atoms with Crippen molar-refractivity contribution in [1.82, 2.24) is 0 Å². The zero-order chi connectivity index (χ0) is 11.2. The van der Waals surface area contributed by atoms with Crippen molar-refractivity contribution in [2.24, 2.45) is 5.92 Å². The first-order chi connectivity index (χ1) is 7.88. The first kappa shape index (κ1) is 12.1. The van der Waals surface area contributed by atoms with Gasteiger partial charge in [0.1, 0.15) is 0 Å². The number of rotatable bonds is 5. The summed E-state index contributed by atoms with van der Waals surface area (Å²) in [6.45, 7) is 3.64. The van der Waals surface area contributed by atoms with Crippen LogP contribution < -0.4 is 4.46 Å². The minimum absolute atomic E-state index is 0.0570. The molecule has 1 fully saturated rings. The van der Waals surface area contributed by atoms with Crippen molar-refractivity contribution in [2.75, 3.05) is 13.2 Å². The Hall–Kier alpha value is -0.341. The summed E-state index contributed by atoms with van der Waals surface area (Å²) in [6.07, 6.45) is 1.13. The molecule has 0 radical (unpaired) electrons. The van der Waals surface area contributed by atoms with Gasteiger partial charge in [0.05, 0.1) is 0 Å². The summed E-state index contributed by atoms with van der Waals surface area (Å²) >= 11 is 0.580. The second-order valence-electron chi connectivity index (χ2n) is 3.94. The standard InChI is InChI=1S/C13H18O2Se/c1-2-14-13-8-11(9-15-13)10-16-12-6-4-3-5-7-12/h3-7,11,13H,2,8-10H2,1H3. The summed E-state index contributed by atoms with van der Waals surface area (Å²) in [5, 5.41) is 1.26. The van der Waals surface area contributed by atoms with E-state index >= 15 is 0 Å². The topological polar surface area (TPSA) is 18.5 Å². The van der Waals surface area contributed by atoms with Gasteiger partial charge in [0, 0.05) is 0 Å². The second-order valence-corrected chi connectivity index (χ2v) is 6.24. The number of hydrogen-bond acceptors (Lipinski definition) is 2. The molecule has 0 N–H and O–H groups in total. The quantitative estimate of drug-likeness (QED) is 0.769. The first-order valence-electron chi connectivity index (χ1n) is 5.79. The van der Waals surface area contributed by atoms with Crippen LogP contribution in [0, 0.1) is 5.92 Å². The predicted molar refractivity (Wildman–Crippen MR) is 66.1 cm³/mol. The van der Waals surface area contributed by atoms with Gasteiger partial charge in [0.25, 0.3) is 0 Å². The van der Waals surface area contributed by atoms with Crippen LogP contribution in [0.4, 0.5) is 0 Å². The molecule has 16 heavy (non-hydrogen) atoms. The molecule has 1 aliphatic heterocycles. The van der Waals surface area contributed by atoms with Crippen molar-refractivity contribution in [1.29, 1.82) is 0 Å². The van der Waals surface area contributed by atoms with Crippen LogP contribution in [0.1, 0.15) is 13.3 Å². The molecule has 0 amide bonds. The van der Waals surface area contributed by atoms with E-state index in [0.29, 0.717) is 20.9 Å².